The molecule has 146 valence electrons. The van der Waals surface area contributed by atoms with Crippen molar-refractivity contribution in [3.8, 4) is 5.75 Å². The number of benzene rings is 2. The number of ketones is 1. The van der Waals surface area contributed by atoms with Gasteiger partial charge in [0.05, 0.1) is 11.3 Å². The Balaban J connectivity index is 2.01. The van der Waals surface area contributed by atoms with Crippen molar-refractivity contribution in [3.05, 3.63) is 65.2 Å². The monoisotopic (exact) mass is 409 g/mol. The van der Waals surface area contributed by atoms with Crippen LogP contribution in [0, 0.1) is 6.92 Å². The third kappa shape index (κ3) is 2.62. The predicted molar refractivity (Wildman–Crippen MR) is 108 cm³/mol. The molecule has 4 N–H and O–H groups in total. The molecule has 2 aliphatic heterocycles. The minimum atomic E-state index is -2.04. The number of hydrogen-bond acceptors (Lipinski definition) is 7. The Morgan fingerprint density at radius 1 is 1.10 bits per heavy atom. The van der Waals surface area contributed by atoms with Gasteiger partial charge in [0, 0.05) is 5.56 Å². The quantitative estimate of drug-likeness (QED) is 0.392. The molecule has 2 aromatic carbocycles. The maximum absolute atomic E-state index is 12.9. The Bertz CT molecular complexity index is 1140. The number of para-hydroxylation sites is 2. The summed E-state index contributed by atoms with van der Waals surface area (Å²) in [6, 6.07) is 12.3. The number of phenolic OH excluding ortho intramolecular Hbond substituents is 1. The molecule has 1 spiro atoms. The van der Waals surface area contributed by atoms with E-state index in [1.54, 1.807) is 24.3 Å². The first-order valence-electron chi connectivity index (χ1n) is 8.52. The Kier molecular flexibility index (Phi) is 4.20. The van der Waals surface area contributed by atoms with Crippen LogP contribution in [0.25, 0.3) is 5.76 Å². The van der Waals surface area contributed by atoms with Crippen LogP contribution in [0.4, 0.5) is 5.69 Å². The number of thioether (sulfide) groups is 1. The van der Waals surface area contributed by atoms with Gasteiger partial charge in [-0.1, -0.05) is 42.0 Å². The number of anilines is 1. The minimum absolute atomic E-state index is 0.0664. The number of carbonyl (C=O) groups excluding carboxylic acids is 3. The van der Waals surface area contributed by atoms with Gasteiger partial charge in [0.15, 0.2) is 5.17 Å². The van der Waals surface area contributed by atoms with Gasteiger partial charge in [0.1, 0.15) is 11.5 Å². The second kappa shape index (κ2) is 6.49. The lowest BCUT2D eigenvalue weighted by Gasteiger charge is -2.31. The van der Waals surface area contributed by atoms with Gasteiger partial charge in [-0.2, -0.15) is 4.99 Å². The zero-order chi connectivity index (χ0) is 20.9. The third-order valence-corrected chi connectivity index (χ3v) is 5.87. The smallest absolute Gasteiger partial charge is 0.301 e. The van der Waals surface area contributed by atoms with E-state index in [4.69, 9.17) is 5.73 Å². The SMILES string of the molecule is Cc1ccc(/C(O)=C2\C(=O)C(=O)N(c3ccccc3O)C23SC(N)=NC3=O)cc1. The fourth-order valence-corrected chi connectivity index (χ4v) is 4.49. The number of phenols is 1. The summed E-state index contributed by atoms with van der Waals surface area (Å²) in [5, 5.41) is 21.0. The molecular weight excluding hydrogens is 394 g/mol. The molecule has 0 bridgehead atoms. The molecular formula is C20H15N3O5S. The van der Waals surface area contributed by atoms with Crippen molar-refractivity contribution in [3.63, 3.8) is 0 Å². The maximum Gasteiger partial charge on any atom is 0.301 e. The average Bonchev–Trinajstić information content (AvgIpc) is 3.09. The van der Waals surface area contributed by atoms with E-state index >= 15 is 0 Å². The summed E-state index contributed by atoms with van der Waals surface area (Å²) < 4.78 is 0. The molecule has 29 heavy (non-hydrogen) atoms. The first-order valence-corrected chi connectivity index (χ1v) is 9.34. The van der Waals surface area contributed by atoms with E-state index < -0.39 is 33.8 Å². The molecule has 9 heteroatoms. The van der Waals surface area contributed by atoms with Gasteiger partial charge in [-0.15, -0.1) is 0 Å². The Morgan fingerprint density at radius 3 is 2.34 bits per heavy atom. The van der Waals surface area contributed by atoms with Crippen LogP contribution in [0.5, 0.6) is 5.75 Å². The van der Waals surface area contributed by atoms with E-state index in [1.807, 2.05) is 6.92 Å². The molecule has 1 unspecified atom stereocenters. The van der Waals surface area contributed by atoms with Crippen LogP contribution in [-0.4, -0.2) is 37.8 Å². The molecule has 8 nitrogen and oxygen atoms in total. The normalized spacial score (nSPS) is 23.1. The maximum atomic E-state index is 12.9. The third-order valence-electron chi connectivity index (χ3n) is 4.72. The molecule has 1 atom stereocenters. The van der Waals surface area contributed by atoms with E-state index in [0.717, 1.165) is 10.5 Å². The Labute approximate surface area is 169 Å². The fraction of sp³-hybridized carbons (Fsp3) is 0.100. The summed E-state index contributed by atoms with van der Waals surface area (Å²) >= 11 is 0.670. The molecule has 0 aliphatic carbocycles. The van der Waals surface area contributed by atoms with Crippen molar-refractivity contribution in [2.24, 2.45) is 10.7 Å². The Morgan fingerprint density at radius 2 is 1.76 bits per heavy atom. The fourth-order valence-electron chi connectivity index (χ4n) is 3.37. The van der Waals surface area contributed by atoms with Gasteiger partial charge < -0.3 is 15.9 Å². The minimum Gasteiger partial charge on any atom is -0.507 e. The number of nitrogens with zero attached hydrogens (tertiary/aromatic N) is 2. The first kappa shape index (κ1) is 18.8. The molecule has 4 rings (SSSR count). The largest absolute Gasteiger partial charge is 0.507 e. The van der Waals surface area contributed by atoms with Crippen LogP contribution in [0.2, 0.25) is 0 Å². The van der Waals surface area contributed by atoms with Crippen LogP contribution in [0.1, 0.15) is 11.1 Å². The van der Waals surface area contributed by atoms with Crippen molar-refractivity contribution in [2.45, 2.75) is 11.8 Å². The summed E-state index contributed by atoms with van der Waals surface area (Å²) in [6.07, 6.45) is 0. The highest BCUT2D eigenvalue weighted by Crippen LogP contribution is 2.52. The van der Waals surface area contributed by atoms with Crippen molar-refractivity contribution >= 4 is 46.0 Å². The average molecular weight is 409 g/mol. The van der Waals surface area contributed by atoms with E-state index in [2.05, 4.69) is 4.99 Å². The van der Waals surface area contributed by atoms with E-state index in [9.17, 15) is 24.6 Å². The predicted octanol–water partition coefficient (Wildman–Crippen LogP) is 1.87. The number of nitrogens with two attached hydrogens (primary N) is 1. The molecule has 0 radical (unpaired) electrons. The molecule has 1 fully saturated rings. The van der Waals surface area contributed by atoms with Crippen LogP contribution >= 0.6 is 11.8 Å². The number of aliphatic hydroxyl groups is 1. The van der Waals surface area contributed by atoms with Crippen LogP contribution in [0.15, 0.2) is 59.1 Å². The van der Waals surface area contributed by atoms with Gasteiger partial charge >= 0.3 is 5.91 Å². The van der Waals surface area contributed by atoms with E-state index in [0.29, 0.717) is 11.8 Å². The zero-order valence-corrected chi connectivity index (χ0v) is 15.9. The van der Waals surface area contributed by atoms with Gasteiger partial charge in [-0.05, 0) is 30.8 Å². The summed E-state index contributed by atoms with van der Waals surface area (Å²) in [5.74, 6) is -3.88. The molecule has 2 aromatic rings. The van der Waals surface area contributed by atoms with Crippen LogP contribution in [-0.2, 0) is 14.4 Å². The number of aryl methyl sites for hydroxylation is 1. The standard InChI is InChI=1S/C20H15N3O5S/c1-10-6-8-11(9-7-10)15(25)14-16(26)17(27)23(12-4-2-3-5-13(12)24)20(14)18(28)22-19(21)29-20/h2-9,24-25H,1H3,(H2,21,22,28)/b15-14-. The number of aromatic hydroxyl groups is 1. The lowest BCUT2D eigenvalue weighted by molar-refractivity contribution is -0.132. The van der Waals surface area contributed by atoms with Gasteiger partial charge in [0.2, 0.25) is 4.87 Å². The van der Waals surface area contributed by atoms with E-state index in [-0.39, 0.29) is 22.2 Å². The highest BCUT2D eigenvalue weighted by atomic mass is 32.2. The zero-order valence-electron chi connectivity index (χ0n) is 15.1. The lowest BCUT2D eigenvalue weighted by Crippen LogP contribution is -2.48. The topological polar surface area (TPSA) is 133 Å². The number of aliphatic hydroxyl groups excluding tert-OH is 1. The van der Waals surface area contributed by atoms with Gasteiger partial charge in [-0.25, -0.2) is 0 Å². The molecule has 2 amide bonds. The lowest BCUT2D eigenvalue weighted by atomic mass is 9.99. The molecule has 2 aliphatic rings. The van der Waals surface area contributed by atoms with Crippen molar-refractivity contribution in [2.75, 3.05) is 4.90 Å². The van der Waals surface area contributed by atoms with Crippen molar-refractivity contribution < 1.29 is 24.6 Å². The first-order chi connectivity index (χ1) is 13.8. The number of amidine groups is 1. The number of rotatable bonds is 2. The molecule has 0 aromatic heterocycles. The van der Waals surface area contributed by atoms with Crippen molar-refractivity contribution in [1.29, 1.82) is 0 Å². The number of hydrogen-bond donors (Lipinski definition) is 3. The van der Waals surface area contributed by atoms with Gasteiger partial charge in [-0.3, -0.25) is 19.3 Å². The summed E-state index contributed by atoms with van der Waals surface area (Å²) in [7, 11) is 0. The number of carbonyl (C=O) groups is 3. The highest BCUT2D eigenvalue weighted by Gasteiger charge is 2.65. The number of Topliss-reactive ketones (excluding diaryl/α,β-unsaturated/α-hetero) is 1. The summed E-state index contributed by atoms with van der Waals surface area (Å²) in [4.78, 5) is 41.3. The second-order valence-corrected chi connectivity index (χ2v) is 7.76. The van der Waals surface area contributed by atoms with Crippen molar-refractivity contribution in [1.82, 2.24) is 0 Å². The number of aliphatic imine (C=N–C) groups is 1. The summed E-state index contributed by atoms with van der Waals surface area (Å²) in [5.41, 5.74) is 6.42. The van der Waals surface area contributed by atoms with Gasteiger partial charge in [0.25, 0.3) is 11.7 Å². The van der Waals surface area contributed by atoms with E-state index in [1.165, 1.54) is 24.3 Å². The highest BCUT2D eigenvalue weighted by molar-refractivity contribution is 8.16. The summed E-state index contributed by atoms with van der Waals surface area (Å²) in [6.45, 7) is 1.85. The number of amides is 2. The molecule has 0 saturated carbocycles. The molecule has 2 heterocycles. The van der Waals surface area contributed by atoms with Crippen LogP contribution < -0.4 is 10.6 Å². The second-order valence-electron chi connectivity index (χ2n) is 6.55. The molecule has 1 saturated heterocycles. The van der Waals surface area contributed by atoms with Crippen LogP contribution in [0.3, 0.4) is 0 Å². The Hall–Kier alpha value is -3.59.